The summed E-state index contributed by atoms with van der Waals surface area (Å²) in [5.74, 6) is 0. The van der Waals surface area contributed by atoms with Crippen molar-refractivity contribution >= 4 is 10.0 Å². The molecule has 0 aromatic heterocycles. The first-order valence-corrected chi connectivity index (χ1v) is 8.58. The number of nitrogens with zero attached hydrogens (tertiary/aromatic N) is 2. The van der Waals surface area contributed by atoms with E-state index >= 15 is 0 Å². The molecule has 0 unspecified atom stereocenters. The van der Waals surface area contributed by atoms with Gasteiger partial charge in [-0.15, -0.1) is 0 Å². The Bertz CT molecular complexity index is 609. The third-order valence-corrected chi connectivity index (χ3v) is 5.68. The van der Waals surface area contributed by atoms with Gasteiger partial charge in [0.15, 0.2) is 0 Å². The van der Waals surface area contributed by atoms with E-state index in [1.54, 1.807) is 7.11 Å². The van der Waals surface area contributed by atoms with E-state index in [1.807, 2.05) is 0 Å². The van der Waals surface area contributed by atoms with E-state index in [4.69, 9.17) is 4.74 Å². The van der Waals surface area contributed by atoms with Gasteiger partial charge >= 0.3 is 6.18 Å². The molecule has 5 nitrogen and oxygen atoms in total. The molecule has 9 heteroatoms. The number of halogens is 3. The van der Waals surface area contributed by atoms with Crippen LogP contribution in [0.25, 0.3) is 0 Å². The Balaban J connectivity index is 2.05. The minimum Gasteiger partial charge on any atom is -0.383 e. The third-order valence-electron chi connectivity index (χ3n) is 3.76. The van der Waals surface area contributed by atoms with Crippen molar-refractivity contribution in [3.05, 3.63) is 29.8 Å². The van der Waals surface area contributed by atoms with Crippen LogP contribution in [0.1, 0.15) is 5.56 Å². The van der Waals surface area contributed by atoms with Gasteiger partial charge in [0.1, 0.15) is 0 Å². The fourth-order valence-corrected chi connectivity index (χ4v) is 3.80. The summed E-state index contributed by atoms with van der Waals surface area (Å²) >= 11 is 0. The summed E-state index contributed by atoms with van der Waals surface area (Å²) in [6.45, 7) is 3.07. The second kappa shape index (κ2) is 7.16. The van der Waals surface area contributed by atoms with Gasteiger partial charge in [-0.25, -0.2) is 8.42 Å². The summed E-state index contributed by atoms with van der Waals surface area (Å²) in [5.41, 5.74) is -0.860. The molecular formula is C14H19F3N2O3S. The van der Waals surface area contributed by atoms with Crippen LogP contribution < -0.4 is 0 Å². The van der Waals surface area contributed by atoms with Crippen molar-refractivity contribution in [3.8, 4) is 0 Å². The molecule has 1 aliphatic heterocycles. The molecule has 23 heavy (non-hydrogen) atoms. The molecular weight excluding hydrogens is 333 g/mol. The Hall–Kier alpha value is -1.16. The lowest BCUT2D eigenvalue weighted by Crippen LogP contribution is -2.49. The van der Waals surface area contributed by atoms with Crippen LogP contribution in [0.4, 0.5) is 13.2 Å². The van der Waals surface area contributed by atoms with Crippen LogP contribution in [0, 0.1) is 0 Å². The van der Waals surface area contributed by atoms with E-state index in [0.29, 0.717) is 32.8 Å². The van der Waals surface area contributed by atoms with Gasteiger partial charge in [-0.05, 0) is 24.3 Å². The van der Waals surface area contributed by atoms with Crippen LogP contribution in [0.2, 0.25) is 0 Å². The molecule has 0 bridgehead atoms. The van der Waals surface area contributed by atoms with Crippen molar-refractivity contribution in [3.63, 3.8) is 0 Å². The van der Waals surface area contributed by atoms with E-state index in [2.05, 4.69) is 4.90 Å². The molecule has 1 aromatic rings. The number of ether oxygens (including phenoxy) is 1. The second-order valence-electron chi connectivity index (χ2n) is 5.26. The van der Waals surface area contributed by atoms with Crippen LogP contribution in [0.15, 0.2) is 29.2 Å². The lowest BCUT2D eigenvalue weighted by molar-refractivity contribution is -0.137. The predicted molar refractivity (Wildman–Crippen MR) is 78.5 cm³/mol. The summed E-state index contributed by atoms with van der Waals surface area (Å²) in [6.07, 6.45) is -4.48. The normalized spacial score (nSPS) is 18.3. The van der Waals surface area contributed by atoms with Gasteiger partial charge in [-0.2, -0.15) is 17.5 Å². The minimum atomic E-state index is -4.48. The molecule has 1 aliphatic rings. The average molecular weight is 352 g/mol. The largest absolute Gasteiger partial charge is 0.416 e. The fraction of sp³-hybridized carbons (Fsp3) is 0.571. The zero-order valence-electron chi connectivity index (χ0n) is 12.7. The zero-order chi connectivity index (χ0) is 17.1. The van der Waals surface area contributed by atoms with Crippen LogP contribution in [-0.4, -0.2) is 64.1 Å². The SMILES string of the molecule is COCCN1CCN(S(=O)(=O)c2ccc(C(F)(F)F)cc2)CC1. The zero-order valence-corrected chi connectivity index (χ0v) is 13.5. The van der Waals surface area contributed by atoms with Gasteiger partial charge in [-0.3, -0.25) is 4.90 Å². The molecule has 0 saturated carbocycles. The lowest BCUT2D eigenvalue weighted by atomic mass is 10.2. The Morgan fingerprint density at radius 1 is 1.09 bits per heavy atom. The van der Waals surface area contributed by atoms with Gasteiger partial charge in [0.05, 0.1) is 17.1 Å². The highest BCUT2D eigenvalue weighted by Gasteiger charge is 2.32. The molecule has 1 heterocycles. The van der Waals surface area contributed by atoms with Crippen molar-refractivity contribution in [1.82, 2.24) is 9.21 Å². The Labute approximate surface area is 133 Å². The molecule has 1 aromatic carbocycles. The Morgan fingerprint density at radius 3 is 2.13 bits per heavy atom. The second-order valence-corrected chi connectivity index (χ2v) is 7.20. The summed E-state index contributed by atoms with van der Waals surface area (Å²) in [4.78, 5) is 1.97. The fourth-order valence-electron chi connectivity index (χ4n) is 2.38. The molecule has 1 fully saturated rings. The highest BCUT2D eigenvalue weighted by Crippen LogP contribution is 2.30. The first-order chi connectivity index (χ1) is 10.7. The summed E-state index contributed by atoms with van der Waals surface area (Å²) < 4.78 is 68.8. The maximum absolute atomic E-state index is 12.5. The number of hydrogen-bond acceptors (Lipinski definition) is 4. The van der Waals surface area contributed by atoms with Crippen molar-refractivity contribution in [2.24, 2.45) is 0 Å². The predicted octanol–water partition coefficient (Wildman–Crippen LogP) is 1.66. The van der Waals surface area contributed by atoms with Crippen LogP contribution in [0.3, 0.4) is 0 Å². The maximum Gasteiger partial charge on any atom is 0.416 e. The smallest absolute Gasteiger partial charge is 0.383 e. The van der Waals surface area contributed by atoms with Gasteiger partial charge in [-0.1, -0.05) is 0 Å². The molecule has 0 aliphatic carbocycles. The minimum absolute atomic E-state index is 0.115. The first kappa shape index (κ1) is 18.2. The summed E-state index contributed by atoms with van der Waals surface area (Å²) in [6, 6.07) is 3.61. The number of alkyl halides is 3. The number of methoxy groups -OCH3 is 1. The molecule has 0 radical (unpaired) electrons. The maximum atomic E-state index is 12.5. The molecule has 130 valence electrons. The lowest BCUT2D eigenvalue weighted by Gasteiger charge is -2.33. The molecule has 2 rings (SSSR count). The number of sulfonamides is 1. The third kappa shape index (κ3) is 4.43. The molecule has 0 amide bonds. The number of hydrogen-bond donors (Lipinski definition) is 0. The average Bonchev–Trinajstić information content (AvgIpc) is 2.52. The summed E-state index contributed by atoms with van der Waals surface area (Å²) in [7, 11) is -2.16. The van der Waals surface area contributed by atoms with Crippen LogP contribution in [0.5, 0.6) is 0 Å². The number of piperazine rings is 1. The van der Waals surface area contributed by atoms with Crippen molar-refractivity contribution in [2.75, 3.05) is 46.4 Å². The number of rotatable bonds is 5. The highest BCUT2D eigenvalue weighted by molar-refractivity contribution is 7.89. The standard InChI is InChI=1S/C14H19F3N2O3S/c1-22-11-10-18-6-8-19(9-7-18)23(20,21)13-4-2-12(3-5-13)14(15,16)17/h2-5H,6-11H2,1H3. The van der Waals surface area contributed by atoms with Gasteiger partial charge in [0.25, 0.3) is 0 Å². The molecule has 1 saturated heterocycles. The monoisotopic (exact) mass is 352 g/mol. The first-order valence-electron chi connectivity index (χ1n) is 7.14. The molecule has 0 atom stereocenters. The van der Waals surface area contributed by atoms with Crippen molar-refractivity contribution in [2.45, 2.75) is 11.1 Å². The van der Waals surface area contributed by atoms with Gasteiger partial charge in [0, 0.05) is 39.8 Å². The number of benzene rings is 1. The highest BCUT2D eigenvalue weighted by atomic mass is 32.2. The van der Waals surface area contributed by atoms with Crippen molar-refractivity contribution in [1.29, 1.82) is 0 Å². The summed E-state index contributed by atoms with van der Waals surface area (Å²) in [5, 5.41) is 0. The quantitative estimate of drug-likeness (QED) is 0.809. The van der Waals surface area contributed by atoms with Crippen LogP contribution >= 0.6 is 0 Å². The van der Waals surface area contributed by atoms with E-state index in [-0.39, 0.29) is 4.90 Å². The Morgan fingerprint density at radius 2 is 1.65 bits per heavy atom. The Kier molecular flexibility index (Phi) is 5.66. The van der Waals surface area contributed by atoms with E-state index in [0.717, 1.165) is 30.8 Å². The van der Waals surface area contributed by atoms with Crippen LogP contribution in [-0.2, 0) is 20.9 Å². The van der Waals surface area contributed by atoms with Crippen molar-refractivity contribution < 1.29 is 26.3 Å². The van der Waals surface area contributed by atoms with E-state index in [1.165, 1.54) is 4.31 Å². The van der Waals surface area contributed by atoms with Gasteiger partial charge in [0.2, 0.25) is 10.0 Å². The molecule has 0 spiro atoms. The topological polar surface area (TPSA) is 49.9 Å². The molecule has 0 N–H and O–H groups in total. The van der Waals surface area contributed by atoms with E-state index < -0.39 is 21.8 Å². The van der Waals surface area contributed by atoms with Gasteiger partial charge < -0.3 is 4.74 Å². The van der Waals surface area contributed by atoms with E-state index in [9.17, 15) is 21.6 Å².